The molecule has 5 unspecified atom stereocenters. The van der Waals surface area contributed by atoms with Gasteiger partial charge in [0.1, 0.15) is 11.4 Å². The molecule has 0 radical (unpaired) electrons. The average Bonchev–Trinajstić information content (AvgIpc) is 3.72. The van der Waals surface area contributed by atoms with E-state index >= 15 is 0 Å². The molecule has 5 atom stereocenters. The Morgan fingerprint density at radius 1 is 0.923 bits per heavy atom. The Kier molecular flexibility index (Phi) is 24.7. The molecule has 5 rings (SSSR count). The number of methoxy groups -OCH3 is 2. The van der Waals surface area contributed by atoms with Crippen molar-refractivity contribution >= 4 is 35.0 Å². The maximum Gasteiger partial charge on any atom is 0.266 e. The summed E-state index contributed by atoms with van der Waals surface area (Å²) in [6.45, 7) is 30.0. The number of fused-ring (bicyclic) bond motifs is 1. The minimum Gasteiger partial charge on any atom is -0.481 e. The molecule has 0 saturated carbocycles. The van der Waals surface area contributed by atoms with Crippen LogP contribution >= 0.6 is 11.6 Å². The first-order valence-electron chi connectivity index (χ1n) is 24.2. The Balaban J connectivity index is 0.000000613. The van der Waals surface area contributed by atoms with Gasteiger partial charge in [-0.1, -0.05) is 138 Å². The molecule has 65 heavy (non-hydrogen) atoms. The summed E-state index contributed by atoms with van der Waals surface area (Å²) in [4.78, 5) is 46.6. The van der Waals surface area contributed by atoms with Crippen molar-refractivity contribution in [1.29, 1.82) is 0 Å². The van der Waals surface area contributed by atoms with E-state index in [0.717, 1.165) is 72.4 Å². The number of carbonyl (C=O) groups is 3. The average molecular weight is 917 g/mol. The predicted octanol–water partition coefficient (Wildman–Crippen LogP) is 13.2. The van der Waals surface area contributed by atoms with Gasteiger partial charge in [-0.3, -0.25) is 19.3 Å². The summed E-state index contributed by atoms with van der Waals surface area (Å²) in [6, 6.07) is 14.2. The monoisotopic (exact) mass is 916 g/mol. The molecule has 2 heterocycles. The Morgan fingerprint density at radius 2 is 1.57 bits per heavy atom. The zero-order valence-electron chi connectivity index (χ0n) is 42.5. The summed E-state index contributed by atoms with van der Waals surface area (Å²) < 4.78 is 10.9. The highest BCUT2D eigenvalue weighted by Crippen LogP contribution is 2.45. The zero-order chi connectivity index (χ0) is 49.0. The number of anilines is 1. The molecule has 2 aromatic carbocycles. The van der Waals surface area contributed by atoms with Gasteiger partial charge in [0, 0.05) is 61.2 Å². The van der Waals surface area contributed by atoms with Crippen LogP contribution in [0.15, 0.2) is 66.6 Å². The second-order valence-electron chi connectivity index (χ2n) is 16.7. The topological polar surface area (TPSA) is 113 Å². The Hall–Kier alpha value is -4.67. The third-order valence-corrected chi connectivity index (χ3v) is 13.0. The van der Waals surface area contributed by atoms with Crippen LogP contribution in [0.25, 0.3) is 22.4 Å². The van der Waals surface area contributed by atoms with Gasteiger partial charge < -0.3 is 25.0 Å². The summed E-state index contributed by atoms with van der Waals surface area (Å²) in [5, 5.41) is 6.78. The Labute approximate surface area is 398 Å². The van der Waals surface area contributed by atoms with Gasteiger partial charge in [0.2, 0.25) is 11.8 Å². The number of benzene rings is 2. The van der Waals surface area contributed by atoms with Crippen molar-refractivity contribution in [2.24, 2.45) is 11.8 Å². The van der Waals surface area contributed by atoms with Crippen LogP contribution in [0.1, 0.15) is 157 Å². The van der Waals surface area contributed by atoms with Crippen LogP contribution in [0.2, 0.25) is 5.02 Å². The number of nitrogens with one attached hydrogen (secondary N) is 2. The standard InChI is InChI=1S/C36H41ClN4O4.C14H29NO.2C2H6/c1-8-21(2)32-25(11-10-14-29(32)38-34(42)28-20-41(17-18-44-6)23(4)40(5)36(28)43)26-12-9-13-27(33(26)37)30-19-24-16-15-22(3)31(24)35(39-30)45-7;1-6-11(4)9-10-13(8-3)15-14(16)12(5)7-2;2*1-2/h9-14,19-22H,4,8,15-18H2,1-3,5-7H3,(H,38,42);11-13H,6-10H2,1-5H3,(H,15,16);2*1-2H3. The second kappa shape index (κ2) is 28.4. The number of rotatable bonds is 18. The second-order valence-corrected chi connectivity index (χ2v) is 17.1. The van der Waals surface area contributed by atoms with Crippen LogP contribution < -0.4 is 15.4 Å². The molecule has 11 heteroatoms. The van der Waals surface area contributed by atoms with E-state index in [1.54, 1.807) is 32.4 Å². The van der Waals surface area contributed by atoms with Gasteiger partial charge in [-0.2, -0.15) is 0 Å². The third kappa shape index (κ3) is 14.7. The Bertz CT molecular complexity index is 2050. The van der Waals surface area contributed by atoms with Crippen LogP contribution in [0, 0.1) is 11.8 Å². The summed E-state index contributed by atoms with van der Waals surface area (Å²) >= 11 is 7.21. The lowest BCUT2D eigenvalue weighted by Crippen LogP contribution is -2.43. The molecule has 2 N–H and O–H groups in total. The van der Waals surface area contributed by atoms with E-state index in [9.17, 15) is 14.4 Å². The van der Waals surface area contributed by atoms with Crippen LogP contribution in [-0.4, -0.2) is 73.0 Å². The lowest BCUT2D eigenvalue weighted by Gasteiger charge is -2.34. The van der Waals surface area contributed by atoms with Gasteiger partial charge in [-0.05, 0) is 91.5 Å². The molecule has 0 spiro atoms. The number of carbonyl (C=O) groups excluding carboxylic acids is 3. The van der Waals surface area contributed by atoms with Gasteiger partial charge in [-0.15, -0.1) is 0 Å². The zero-order valence-corrected chi connectivity index (χ0v) is 43.3. The normalized spacial score (nSPS) is 15.9. The van der Waals surface area contributed by atoms with Gasteiger partial charge in [-0.25, -0.2) is 4.98 Å². The number of hydrogen-bond donors (Lipinski definition) is 2. The smallest absolute Gasteiger partial charge is 0.266 e. The van der Waals surface area contributed by atoms with E-state index in [1.165, 1.54) is 28.9 Å². The predicted molar refractivity (Wildman–Crippen MR) is 272 cm³/mol. The van der Waals surface area contributed by atoms with Crippen molar-refractivity contribution in [2.75, 3.05) is 39.7 Å². The molecule has 360 valence electrons. The fourth-order valence-electron chi connectivity index (χ4n) is 7.81. The van der Waals surface area contributed by atoms with Crippen molar-refractivity contribution in [3.05, 3.63) is 88.4 Å². The quantitative estimate of drug-likeness (QED) is 0.122. The van der Waals surface area contributed by atoms with Crippen molar-refractivity contribution in [2.45, 2.75) is 152 Å². The van der Waals surface area contributed by atoms with Crippen LogP contribution in [0.4, 0.5) is 5.69 Å². The van der Waals surface area contributed by atoms with Crippen molar-refractivity contribution in [3.8, 4) is 28.3 Å². The molecule has 3 amide bonds. The summed E-state index contributed by atoms with van der Waals surface area (Å²) in [5.74, 6) is 1.85. The van der Waals surface area contributed by atoms with Gasteiger partial charge >= 0.3 is 0 Å². The van der Waals surface area contributed by atoms with E-state index < -0.39 is 11.8 Å². The molecule has 0 bridgehead atoms. The lowest BCUT2D eigenvalue weighted by molar-refractivity contribution is -0.128. The first kappa shape index (κ1) is 56.5. The fraction of sp³-hybridized carbons (Fsp3) is 0.556. The molecule has 1 aromatic heterocycles. The summed E-state index contributed by atoms with van der Waals surface area (Å²) in [6.07, 6.45) is 9.96. The van der Waals surface area contributed by atoms with E-state index in [4.69, 9.17) is 26.1 Å². The number of amides is 3. The maximum absolute atomic E-state index is 13.7. The number of nitrogens with zero attached hydrogens (tertiary/aromatic N) is 3. The molecular weight excluding hydrogens is 834 g/mol. The minimum atomic E-state index is -0.494. The number of ether oxygens (including phenoxy) is 2. The molecule has 1 aliphatic heterocycles. The first-order valence-corrected chi connectivity index (χ1v) is 24.6. The molecule has 3 aromatic rings. The van der Waals surface area contributed by atoms with E-state index in [0.29, 0.717) is 47.5 Å². The molecule has 0 saturated heterocycles. The van der Waals surface area contributed by atoms with Crippen molar-refractivity contribution in [1.82, 2.24) is 20.1 Å². The first-order chi connectivity index (χ1) is 31.1. The fourth-order valence-corrected chi connectivity index (χ4v) is 8.13. The van der Waals surface area contributed by atoms with E-state index in [-0.39, 0.29) is 23.3 Å². The largest absolute Gasteiger partial charge is 0.481 e. The summed E-state index contributed by atoms with van der Waals surface area (Å²) in [7, 11) is 4.87. The Morgan fingerprint density at radius 3 is 2.17 bits per heavy atom. The van der Waals surface area contributed by atoms with E-state index in [1.807, 2.05) is 71.0 Å². The number of likely N-dealkylation sites (N-methyl/N-ethyl adjacent to an activating group) is 1. The molecular formula is C54H82ClN5O5. The van der Waals surface area contributed by atoms with Crippen LogP contribution in [0.3, 0.4) is 0 Å². The number of pyridine rings is 1. The maximum atomic E-state index is 13.7. The molecule has 2 aliphatic rings. The van der Waals surface area contributed by atoms with Gasteiger partial charge in [0.25, 0.3) is 11.8 Å². The number of hydrogen-bond acceptors (Lipinski definition) is 7. The summed E-state index contributed by atoms with van der Waals surface area (Å²) in [5.41, 5.74) is 7.35. The molecule has 1 aliphatic carbocycles. The van der Waals surface area contributed by atoms with Crippen LogP contribution in [0.5, 0.6) is 5.88 Å². The van der Waals surface area contributed by atoms with Gasteiger partial charge in [0.05, 0.1) is 24.4 Å². The number of halogens is 1. The highest BCUT2D eigenvalue weighted by atomic mass is 35.5. The number of aryl methyl sites for hydroxylation is 1. The molecule has 0 fully saturated rings. The number of aromatic nitrogens is 1. The molecule has 10 nitrogen and oxygen atoms in total. The van der Waals surface area contributed by atoms with Crippen molar-refractivity contribution in [3.63, 3.8) is 0 Å². The van der Waals surface area contributed by atoms with Crippen LogP contribution in [-0.2, 0) is 25.5 Å². The highest BCUT2D eigenvalue weighted by molar-refractivity contribution is 6.36. The third-order valence-electron chi connectivity index (χ3n) is 12.6. The SMILES string of the molecule is C=C1N(CCOC)C=C(C(=O)Nc2cccc(-c3cccc(-c4cc5c(c(OC)n4)C(C)CC5)c3Cl)c2C(C)CC)C(=O)N1C.CC.CC.CCC(C)CCC(CC)NC(=O)C(C)CC. The van der Waals surface area contributed by atoms with Crippen molar-refractivity contribution < 1.29 is 23.9 Å². The minimum absolute atomic E-state index is 0.0208. The van der Waals surface area contributed by atoms with E-state index in [2.05, 4.69) is 71.7 Å². The highest BCUT2D eigenvalue weighted by Gasteiger charge is 2.32. The van der Waals surface area contributed by atoms with Gasteiger partial charge in [0.15, 0.2) is 0 Å². The lowest BCUT2D eigenvalue weighted by atomic mass is 9.87.